The molecular weight excluding hydrogens is 550 g/mol. The van der Waals surface area contributed by atoms with Crippen LogP contribution in [0.1, 0.15) is 42.0 Å². The van der Waals surface area contributed by atoms with Crippen molar-refractivity contribution in [3.8, 4) is 0 Å². The fourth-order valence-corrected chi connectivity index (χ4v) is 5.67. The van der Waals surface area contributed by atoms with E-state index in [2.05, 4.69) is 126 Å². The number of hydrogen-bond donors (Lipinski definition) is 2. The summed E-state index contributed by atoms with van der Waals surface area (Å²) in [5.74, 6) is 0.657. The minimum Gasteiger partial charge on any atom is -0.436 e. The third kappa shape index (κ3) is 6.66. The molecule has 2 aromatic heterocycles. The molecule has 0 unspecified atom stereocenters. The lowest BCUT2D eigenvalue weighted by molar-refractivity contribution is 0.586. The van der Waals surface area contributed by atoms with Gasteiger partial charge in [0.15, 0.2) is 5.58 Å². The molecule has 3 aliphatic carbocycles. The number of aromatic amines is 1. The Bertz CT molecular complexity index is 2030. The van der Waals surface area contributed by atoms with Gasteiger partial charge in [0.2, 0.25) is 5.89 Å². The van der Waals surface area contributed by atoms with Gasteiger partial charge in [-0.15, -0.1) is 0 Å². The Morgan fingerprint density at radius 3 is 2.38 bits per heavy atom. The van der Waals surface area contributed by atoms with Gasteiger partial charge in [-0.1, -0.05) is 103 Å². The Hall–Kier alpha value is -5.61. The quantitative estimate of drug-likeness (QED) is 0.221. The van der Waals surface area contributed by atoms with Gasteiger partial charge in [-0.25, -0.2) is 4.98 Å². The predicted octanol–water partition coefficient (Wildman–Crippen LogP) is 10.8. The molecule has 0 saturated carbocycles. The maximum absolute atomic E-state index is 6.20. The van der Waals surface area contributed by atoms with Crippen molar-refractivity contribution in [2.75, 3.05) is 5.32 Å². The van der Waals surface area contributed by atoms with Crippen LogP contribution in [0.3, 0.4) is 0 Å². The van der Waals surface area contributed by atoms with Crippen molar-refractivity contribution in [1.82, 2.24) is 9.97 Å². The van der Waals surface area contributed by atoms with Crippen molar-refractivity contribution in [2.24, 2.45) is 0 Å². The fourth-order valence-electron chi connectivity index (χ4n) is 5.67. The van der Waals surface area contributed by atoms with E-state index in [1.54, 1.807) is 0 Å². The standard InChI is InChI=1S/C35H29N3O.C6H6/c1-2-8-12-27(13-9-3-1)36-28-18-14-24(15-19-28)25-16-20-29-30-22-34-33(23-32(30)37-31(29)21-17-25)38-35(39-34)26-10-6-4-5-7-11-26;1-2-4-6-5-3-1/h2,4,6-19,21-23,36-37H,1,3,5,20H2;1-6H/b8-2?,13-9-,27-12+;. The largest absolute Gasteiger partial charge is 0.436 e. The highest BCUT2D eigenvalue weighted by Gasteiger charge is 2.16. The Labute approximate surface area is 263 Å². The number of rotatable bonds is 4. The molecule has 4 heteroatoms. The second kappa shape index (κ2) is 13.4. The molecule has 2 N–H and O–H groups in total. The Kier molecular flexibility index (Phi) is 8.36. The van der Waals surface area contributed by atoms with E-state index in [9.17, 15) is 0 Å². The third-order valence-electron chi connectivity index (χ3n) is 8.01. The third-order valence-corrected chi connectivity index (χ3v) is 8.01. The number of nitrogens with zero attached hydrogens (tertiary/aromatic N) is 1. The summed E-state index contributed by atoms with van der Waals surface area (Å²) < 4.78 is 6.20. The first-order valence-electron chi connectivity index (χ1n) is 15.6. The summed E-state index contributed by atoms with van der Waals surface area (Å²) in [6, 6.07) is 24.9. The minimum atomic E-state index is 0.657. The lowest BCUT2D eigenvalue weighted by atomic mass is 10.0. The molecule has 8 rings (SSSR count). The second-order valence-corrected chi connectivity index (χ2v) is 11.2. The summed E-state index contributed by atoms with van der Waals surface area (Å²) in [7, 11) is 0. The Balaban J connectivity index is 0.000000488. The second-order valence-electron chi connectivity index (χ2n) is 11.2. The molecule has 45 heavy (non-hydrogen) atoms. The van der Waals surface area contributed by atoms with E-state index in [0.717, 1.165) is 65.0 Å². The van der Waals surface area contributed by atoms with Crippen molar-refractivity contribution in [2.45, 2.75) is 25.7 Å². The van der Waals surface area contributed by atoms with Crippen LogP contribution in [0.5, 0.6) is 0 Å². The van der Waals surface area contributed by atoms with Crippen LogP contribution in [-0.2, 0) is 6.42 Å². The Morgan fingerprint density at radius 1 is 0.733 bits per heavy atom. The molecule has 0 bridgehead atoms. The maximum Gasteiger partial charge on any atom is 0.227 e. The van der Waals surface area contributed by atoms with E-state index < -0.39 is 0 Å². The highest BCUT2D eigenvalue weighted by Crippen LogP contribution is 2.33. The average molecular weight is 586 g/mol. The van der Waals surface area contributed by atoms with Crippen LogP contribution in [0.4, 0.5) is 5.69 Å². The zero-order chi connectivity index (χ0) is 30.3. The van der Waals surface area contributed by atoms with Crippen LogP contribution in [-0.4, -0.2) is 9.97 Å². The molecule has 0 radical (unpaired) electrons. The number of aromatic nitrogens is 2. The molecule has 3 aliphatic rings. The van der Waals surface area contributed by atoms with Gasteiger partial charge in [0.25, 0.3) is 0 Å². The van der Waals surface area contributed by atoms with Crippen LogP contribution in [0.15, 0.2) is 156 Å². The van der Waals surface area contributed by atoms with Crippen LogP contribution in [0.25, 0.3) is 39.2 Å². The normalized spacial score (nSPS) is 17.5. The molecule has 3 aromatic carbocycles. The first-order valence-corrected chi connectivity index (χ1v) is 15.6. The summed E-state index contributed by atoms with van der Waals surface area (Å²) in [6.07, 6.45) is 31.9. The zero-order valence-electron chi connectivity index (χ0n) is 25.1. The fraction of sp³-hybridized carbons (Fsp3) is 0.0976. The van der Waals surface area contributed by atoms with Crippen LogP contribution in [0.2, 0.25) is 0 Å². The number of oxazole rings is 1. The molecule has 0 spiro atoms. The number of H-pyrrole nitrogens is 1. The number of anilines is 1. The first kappa shape index (κ1) is 28.2. The lowest BCUT2D eigenvalue weighted by Gasteiger charge is -2.09. The number of benzene rings is 3. The van der Waals surface area contributed by atoms with Gasteiger partial charge < -0.3 is 14.7 Å². The predicted molar refractivity (Wildman–Crippen MR) is 190 cm³/mol. The minimum absolute atomic E-state index is 0.657. The van der Waals surface area contributed by atoms with Crippen molar-refractivity contribution in [3.63, 3.8) is 0 Å². The van der Waals surface area contributed by atoms with Crippen LogP contribution in [0, 0.1) is 0 Å². The molecule has 4 nitrogen and oxygen atoms in total. The van der Waals surface area contributed by atoms with Gasteiger partial charge in [-0.3, -0.25) is 0 Å². The molecule has 0 atom stereocenters. The van der Waals surface area contributed by atoms with E-state index in [4.69, 9.17) is 9.40 Å². The highest BCUT2D eigenvalue weighted by atomic mass is 16.3. The first-order chi connectivity index (χ1) is 22.3. The molecular formula is C41H35N3O. The molecule has 0 saturated heterocycles. The van der Waals surface area contributed by atoms with E-state index in [1.165, 1.54) is 22.1 Å². The summed E-state index contributed by atoms with van der Waals surface area (Å²) >= 11 is 0. The summed E-state index contributed by atoms with van der Waals surface area (Å²) in [4.78, 5) is 8.39. The van der Waals surface area contributed by atoms with Crippen LogP contribution < -0.4 is 5.32 Å². The SMILES string of the molecule is C1=CCC=CC(c2nc3cc4[nH]c5c(c4cc3o2)CC=C(c2ccc(NC3=C/C=CCC/C=C\3)cc2)C=C5)=C1.c1ccccc1. The van der Waals surface area contributed by atoms with Gasteiger partial charge >= 0.3 is 0 Å². The van der Waals surface area contributed by atoms with E-state index in [0.29, 0.717) is 5.89 Å². The molecule has 0 fully saturated rings. The maximum atomic E-state index is 6.20. The molecule has 2 heterocycles. The number of nitrogens with one attached hydrogen (secondary N) is 2. The van der Waals surface area contributed by atoms with E-state index in [-0.39, 0.29) is 0 Å². The Morgan fingerprint density at radius 2 is 1.53 bits per heavy atom. The van der Waals surface area contributed by atoms with E-state index in [1.807, 2.05) is 36.4 Å². The smallest absolute Gasteiger partial charge is 0.227 e. The van der Waals surface area contributed by atoms with Gasteiger partial charge in [0.05, 0.1) is 0 Å². The zero-order valence-corrected chi connectivity index (χ0v) is 25.1. The molecule has 5 aromatic rings. The van der Waals surface area contributed by atoms with Crippen molar-refractivity contribution in [1.29, 1.82) is 0 Å². The molecule has 220 valence electrons. The van der Waals surface area contributed by atoms with Crippen molar-refractivity contribution >= 4 is 44.9 Å². The lowest BCUT2D eigenvalue weighted by Crippen LogP contribution is -1.97. The van der Waals surface area contributed by atoms with Gasteiger partial charge in [0.1, 0.15) is 5.52 Å². The topological polar surface area (TPSA) is 53.9 Å². The molecule has 0 amide bonds. The summed E-state index contributed by atoms with van der Waals surface area (Å²) in [5.41, 5.74) is 10.8. The number of fused-ring (bicyclic) bond motifs is 4. The van der Waals surface area contributed by atoms with E-state index >= 15 is 0 Å². The average Bonchev–Trinajstić information content (AvgIpc) is 3.39. The number of allylic oxidation sites excluding steroid dienone is 14. The summed E-state index contributed by atoms with van der Waals surface area (Å²) in [6.45, 7) is 0. The highest BCUT2D eigenvalue weighted by molar-refractivity contribution is 5.98. The van der Waals surface area contributed by atoms with Gasteiger partial charge in [-0.2, -0.15) is 0 Å². The monoisotopic (exact) mass is 585 g/mol. The summed E-state index contributed by atoms with van der Waals surface area (Å²) in [5, 5.41) is 4.70. The van der Waals surface area contributed by atoms with Crippen LogP contribution >= 0.6 is 0 Å². The van der Waals surface area contributed by atoms with Crippen molar-refractivity contribution < 1.29 is 4.42 Å². The number of hydrogen-bond acceptors (Lipinski definition) is 3. The van der Waals surface area contributed by atoms with Gasteiger partial charge in [-0.05, 0) is 91.0 Å². The molecule has 0 aliphatic heterocycles. The van der Waals surface area contributed by atoms with Gasteiger partial charge in [0, 0.05) is 33.6 Å². The van der Waals surface area contributed by atoms with Crippen molar-refractivity contribution in [3.05, 3.63) is 174 Å².